The second-order valence-electron chi connectivity index (χ2n) is 8.19. The number of hydrogen-bond donors (Lipinski definition) is 1. The summed E-state index contributed by atoms with van der Waals surface area (Å²) in [5.41, 5.74) is 3.34. The zero-order chi connectivity index (χ0) is 23.7. The van der Waals surface area contributed by atoms with Gasteiger partial charge in [0.25, 0.3) is 5.91 Å². The number of nitrogens with one attached hydrogen (secondary N) is 1. The molecule has 10 nitrogen and oxygen atoms in total. The highest BCUT2D eigenvalue weighted by atomic mass is 16.5. The highest BCUT2D eigenvalue weighted by Crippen LogP contribution is 2.32. The maximum Gasteiger partial charge on any atom is 0.410 e. The zero-order valence-electron chi connectivity index (χ0n) is 18.9. The molecule has 0 spiro atoms. The van der Waals surface area contributed by atoms with Crippen molar-refractivity contribution >= 4 is 23.3 Å². The van der Waals surface area contributed by atoms with Crippen LogP contribution in [0.2, 0.25) is 0 Å². The fraction of sp³-hybridized carbons (Fsp3) is 0.292. The van der Waals surface area contributed by atoms with Crippen molar-refractivity contribution in [3.63, 3.8) is 0 Å². The number of imidazole rings is 1. The number of carbonyl (C=O) groups is 2. The molecular formula is C24H24N6O4. The molecule has 10 heteroatoms. The second-order valence-corrected chi connectivity index (χ2v) is 8.19. The van der Waals surface area contributed by atoms with E-state index in [1.54, 1.807) is 21.7 Å². The number of piperidine rings is 1. The summed E-state index contributed by atoms with van der Waals surface area (Å²) >= 11 is 0. The molecule has 0 radical (unpaired) electrons. The monoisotopic (exact) mass is 460 g/mol. The Hall–Kier alpha value is -4.21. The Labute approximate surface area is 195 Å². The number of likely N-dealkylation sites (tertiary alicyclic amines) is 1. The molecule has 5 rings (SSSR count). The number of pyridine rings is 1. The first-order valence-electron chi connectivity index (χ1n) is 11.1. The number of aryl methyl sites for hydroxylation is 1. The molecule has 1 fully saturated rings. The summed E-state index contributed by atoms with van der Waals surface area (Å²) < 4.78 is 12.2. The number of benzene rings is 1. The molecule has 174 valence electrons. The summed E-state index contributed by atoms with van der Waals surface area (Å²) in [6.45, 7) is 2.49. The lowest BCUT2D eigenvalue weighted by molar-refractivity contribution is 0.0784. The van der Waals surface area contributed by atoms with Gasteiger partial charge in [0.2, 0.25) is 11.7 Å². The predicted molar refractivity (Wildman–Crippen MR) is 123 cm³/mol. The van der Waals surface area contributed by atoms with E-state index in [-0.39, 0.29) is 11.9 Å². The third-order valence-corrected chi connectivity index (χ3v) is 6.03. The number of carbonyl (C=O) groups excluding carboxylic acids is 2. The average molecular weight is 460 g/mol. The molecule has 0 saturated carbocycles. The van der Waals surface area contributed by atoms with Crippen molar-refractivity contribution in [2.24, 2.45) is 0 Å². The Balaban J connectivity index is 1.39. The van der Waals surface area contributed by atoms with Crippen LogP contribution in [0, 0.1) is 6.92 Å². The number of methoxy groups -OCH3 is 1. The van der Waals surface area contributed by atoms with Crippen LogP contribution in [-0.2, 0) is 4.74 Å². The van der Waals surface area contributed by atoms with E-state index in [0.717, 1.165) is 24.8 Å². The van der Waals surface area contributed by atoms with E-state index >= 15 is 0 Å². The lowest BCUT2D eigenvalue weighted by Gasteiger charge is -2.31. The number of ether oxygens (including phenoxy) is 1. The maximum absolute atomic E-state index is 13.0. The molecule has 1 N–H and O–H groups in total. The van der Waals surface area contributed by atoms with Crippen molar-refractivity contribution in [1.29, 1.82) is 0 Å². The Bertz CT molecular complexity index is 1360. The standard InChI is InChI=1S/C24H24N6O4/c1-15-9-10-16(13-17(15)26-22(31)19-14-25-20-8-4-6-11-29(19)20)21-27-23(34-28-21)18-7-3-5-12-30(18)24(32)33-2/h4,6,8-11,13-14,18H,3,5,7,12H2,1-2H3,(H,26,31). The minimum atomic E-state index is -0.405. The molecule has 4 aromatic rings. The molecule has 1 atom stereocenters. The smallest absolute Gasteiger partial charge is 0.410 e. The normalized spacial score (nSPS) is 15.9. The van der Waals surface area contributed by atoms with Crippen molar-refractivity contribution in [2.75, 3.05) is 19.0 Å². The molecule has 1 saturated heterocycles. The minimum absolute atomic E-state index is 0.274. The summed E-state index contributed by atoms with van der Waals surface area (Å²) in [6, 6.07) is 10.8. The van der Waals surface area contributed by atoms with Crippen LogP contribution in [0.5, 0.6) is 0 Å². The van der Waals surface area contributed by atoms with E-state index in [1.807, 2.05) is 43.3 Å². The highest BCUT2D eigenvalue weighted by molar-refractivity contribution is 6.04. The van der Waals surface area contributed by atoms with Crippen LogP contribution >= 0.6 is 0 Å². The topological polar surface area (TPSA) is 115 Å². The van der Waals surface area contributed by atoms with Crippen LogP contribution in [-0.4, -0.2) is 50.1 Å². The molecule has 0 aliphatic carbocycles. The molecule has 1 aromatic carbocycles. The maximum atomic E-state index is 13.0. The summed E-state index contributed by atoms with van der Waals surface area (Å²) in [4.78, 5) is 35.6. The first kappa shape index (κ1) is 21.6. The van der Waals surface area contributed by atoms with Crippen molar-refractivity contribution in [2.45, 2.75) is 32.2 Å². The van der Waals surface area contributed by atoms with Crippen LogP contribution in [0.3, 0.4) is 0 Å². The molecule has 0 bridgehead atoms. The number of rotatable bonds is 4. The van der Waals surface area contributed by atoms with Crippen molar-refractivity contribution in [3.8, 4) is 11.4 Å². The van der Waals surface area contributed by atoms with Gasteiger partial charge in [0.05, 0.1) is 13.3 Å². The molecule has 1 aliphatic heterocycles. The van der Waals surface area contributed by atoms with E-state index in [9.17, 15) is 9.59 Å². The molecule has 4 heterocycles. The van der Waals surface area contributed by atoms with E-state index in [4.69, 9.17) is 9.26 Å². The predicted octanol–water partition coefficient (Wildman–Crippen LogP) is 4.24. The van der Waals surface area contributed by atoms with E-state index in [2.05, 4.69) is 20.4 Å². The van der Waals surface area contributed by atoms with E-state index < -0.39 is 6.09 Å². The number of nitrogens with zero attached hydrogens (tertiary/aromatic N) is 5. The first-order chi connectivity index (χ1) is 16.5. The van der Waals surface area contributed by atoms with Gasteiger partial charge in [-0.2, -0.15) is 4.98 Å². The van der Waals surface area contributed by atoms with Crippen molar-refractivity contribution in [1.82, 2.24) is 24.4 Å². The van der Waals surface area contributed by atoms with Gasteiger partial charge >= 0.3 is 6.09 Å². The largest absolute Gasteiger partial charge is 0.453 e. The van der Waals surface area contributed by atoms with E-state index in [1.165, 1.54) is 7.11 Å². The van der Waals surface area contributed by atoms with Crippen LogP contribution in [0.25, 0.3) is 17.0 Å². The van der Waals surface area contributed by atoms with Crippen molar-refractivity contribution in [3.05, 3.63) is 65.9 Å². The first-order valence-corrected chi connectivity index (χ1v) is 11.1. The quantitative estimate of drug-likeness (QED) is 0.484. The number of amides is 2. The molecular weight excluding hydrogens is 436 g/mol. The van der Waals surface area contributed by atoms with Gasteiger partial charge < -0.3 is 14.6 Å². The third kappa shape index (κ3) is 3.98. The lowest BCUT2D eigenvalue weighted by atomic mass is 10.0. The van der Waals surface area contributed by atoms with Gasteiger partial charge in [-0.3, -0.25) is 14.1 Å². The van der Waals surface area contributed by atoms with Crippen molar-refractivity contribution < 1.29 is 18.8 Å². The molecule has 1 aliphatic rings. The van der Waals surface area contributed by atoms with E-state index in [0.29, 0.717) is 40.9 Å². The molecule has 34 heavy (non-hydrogen) atoms. The third-order valence-electron chi connectivity index (χ3n) is 6.03. The Morgan fingerprint density at radius 3 is 2.94 bits per heavy atom. The summed E-state index contributed by atoms with van der Waals surface area (Å²) in [6.07, 6.45) is 5.53. The van der Waals surface area contributed by atoms with Crippen LogP contribution in [0.1, 0.15) is 47.2 Å². The van der Waals surface area contributed by atoms with Gasteiger partial charge in [-0.15, -0.1) is 0 Å². The summed E-state index contributed by atoms with van der Waals surface area (Å²) in [5, 5.41) is 7.09. The van der Waals surface area contributed by atoms with Gasteiger partial charge in [-0.25, -0.2) is 9.78 Å². The number of anilines is 1. The zero-order valence-corrected chi connectivity index (χ0v) is 18.9. The fourth-order valence-corrected chi connectivity index (χ4v) is 4.19. The highest BCUT2D eigenvalue weighted by Gasteiger charge is 2.33. The van der Waals surface area contributed by atoms with Gasteiger partial charge in [0.15, 0.2) is 0 Å². The summed E-state index contributed by atoms with van der Waals surface area (Å²) in [7, 11) is 1.36. The molecule has 2 amide bonds. The number of aromatic nitrogens is 4. The average Bonchev–Trinajstić information content (AvgIpc) is 3.53. The number of fused-ring (bicyclic) bond motifs is 1. The van der Waals surface area contributed by atoms with Crippen LogP contribution in [0.15, 0.2) is 53.3 Å². The SMILES string of the molecule is COC(=O)N1CCCCC1c1nc(-c2ccc(C)c(NC(=O)c3cnc4ccccn34)c2)no1. The molecule has 1 unspecified atom stereocenters. The molecule has 3 aromatic heterocycles. The Kier molecular flexibility index (Phi) is 5.70. The van der Waals surface area contributed by atoms with Gasteiger partial charge in [0.1, 0.15) is 17.4 Å². The second kappa shape index (κ2) is 8.97. The van der Waals surface area contributed by atoms with Gasteiger partial charge in [-0.05, 0) is 49.9 Å². The Morgan fingerprint density at radius 1 is 1.21 bits per heavy atom. The fourth-order valence-electron chi connectivity index (χ4n) is 4.19. The minimum Gasteiger partial charge on any atom is -0.453 e. The lowest BCUT2D eigenvalue weighted by Crippen LogP contribution is -2.38. The summed E-state index contributed by atoms with van der Waals surface area (Å²) in [5.74, 6) is 0.483. The van der Waals surface area contributed by atoms with Crippen LogP contribution in [0.4, 0.5) is 10.5 Å². The van der Waals surface area contributed by atoms with Gasteiger partial charge in [-0.1, -0.05) is 23.4 Å². The van der Waals surface area contributed by atoms with Gasteiger partial charge in [0, 0.05) is 24.0 Å². The Morgan fingerprint density at radius 2 is 2.09 bits per heavy atom. The number of hydrogen-bond acceptors (Lipinski definition) is 7. The van der Waals surface area contributed by atoms with Crippen LogP contribution < -0.4 is 5.32 Å².